The first-order valence-electron chi connectivity index (χ1n) is 4.58. The fourth-order valence-corrected chi connectivity index (χ4v) is 0.695. The Bertz CT molecular complexity index is 164. The van der Waals surface area contributed by atoms with Crippen LogP contribution in [0.1, 0.15) is 26.7 Å². The molecule has 0 atom stereocenters. The summed E-state index contributed by atoms with van der Waals surface area (Å²) in [6.45, 7) is 9.00. The predicted octanol–water partition coefficient (Wildman–Crippen LogP) is 1.92. The van der Waals surface area contributed by atoms with Crippen molar-refractivity contribution in [3.05, 3.63) is 12.2 Å². The van der Waals surface area contributed by atoms with Gasteiger partial charge in [0.2, 0.25) is 0 Å². The van der Waals surface area contributed by atoms with Crippen LogP contribution in [0.5, 0.6) is 0 Å². The average molecular weight is 186 g/mol. The quantitative estimate of drug-likeness (QED) is 0.346. The average Bonchev–Trinajstić information content (AvgIpc) is 2.10. The molecule has 0 aromatic carbocycles. The maximum Gasteiger partial charge on any atom is 0.333 e. The number of hydrogen-bond donors (Lipinski definition) is 0. The topological polar surface area (TPSA) is 35.5 Å². The molecule has 0 bridgehead atoms. The van der Waals surface area contributed by atoms with E-state index in [0.717, 1.165) is 19.4 Å². The molecule has 0 fully saturated rings. The molecule has 0 amide bonds. The lowest BCUT2D eigenvalue weighted by Gasteiger charge is -2.04. The molecule has 3 nitrogen and oxygen atoms in total. The summed E-state index contributed by atoms with van der Waals surface area (Å²) in [5, 5.41) is 0. The van der Waals surface area contributed by atoms with E-state index in [-0.39, 0.29) is 5.97 Å². The van der Waals surface area contributed by atoms with E-state index in [4.69, 9.17) is 9.47 Å². The molecule has 0 spiro atoms. The van der Waals surface area contributed by atoms with Crippen LogP contribution >= 0.6 is 0 Å². The maximum absolute atomic E-state index is 10.9. The van der Waals surface area contributed by atoms with Gasteiger partial charge in [-0.1, -0.05) is 13.5 Å². The van der Waals surface area contributed by atoms with Gasteiger partial charge in [-0.15, -0.1) is 0 Å². The van der Waals surface area contributed by atoms with Gasteiger partial charge in [0.25, 0.3) is 0 Å². The molecule has 13 heavy (non-hydrogen) atoms. The molecule has 0 N–H and O–H groups in total. The van der Waals surface area contributed by atoms with Gasteiger partial charge in [-0.2, -0.15) is 0 Å². The van der Waals surface area contributed by atoms with Gasteiger partial charge in [-0.3, -0.25) is 0 Å². The fourth-order valence-electron chi connectivity index (χ4n) is 0.695. The zero-order chi connectivity index (χ0) is 10.1. The van der Waals surface area contributed by atoms with E-state index in [9.17, 15) is 4.79 Å². The van der Waals surface area contributed by atoms with Crippen molar-refractivity contribution >= 4 is 5.97 Å². The van der Waals surface area contributed by atoms with E-state index >= 15 is 0 Å². The molecule has 0 aliphatic rings. The number of ether oxygens (including phenoxy) is 2. The summed E-state index contributed by atoms with van der Waals surface area (Å²) in [7, 11) is 0. The van der Waals surface area contributed by atoms with Crippen molar-refractivity contribution < 1.29 is 14.3 Å². The Balaban J connectivity index is 3.16. The monoisotopic (exact) mass is 186 g/mol. The number of rotatable bonds is 7. The second kappa shape index (κ2) is 7.80. The Hall–Kier alpha value is -0.830. The third-order valence-corrected chi connectivity index (χ3v) is 1.36. The molecule has 0 aliphatic heterocycles. The van der Waals surface area contributed by atoms with Crippen LogP contribution in [0.3, 0.4) is 0 Å². The highest BCUT2D eigenvalue weighted by Gasteiger charge is 2.01. The van der Waals surface area contributed by atoms with Crippen LogP contribution in [0.2, 0.25) is 0 Å². The lowest BCUT2D eigenvalue weighted by atomic mass is 10.4. The highest BCUT2D eigenvalue weighted by molar-refractivity contribution is 5.86. The maximum atomic E-state index is 10.9. The normalized spacial score (nSPS) is 9.69. The van der Waals surface area contributed by atoms with E-state index in [1.807, 2.05) is 0 Å². The molecular weight excluding hydrogens is 168 g/mol. The third kappa shape index (κ3) is 7.53. The van der Waals surface area contributed by atoms with Crippen LogP contribution in [-0.4, -0.2) is 25.8 Å². The molecule has 0 aromatic rings. The smallest absolute Gasteiger partial charge is 0.333 e. The summed E-state index contributed by atoms with van der Waals surface area (Å²) < 4.78 is 10.1. The Labute approximate surface area is 79.7 Å². The first-order chi connectivity index (χ1) is 6.18. The summed E-state index contributed by atoms with van der Waals surface area (Å²) in [5.41, 5.74) is 0.439. The zero-order valence-corrected chi connectivity index (χ0v) is 8.47. The van der Waals surface area contributed by atoms with E-state index in [2.05, 4.69) is 13.5 Å². The Morgan fingerprint density at radius 1 is 1.31 bits per heavy atom. The first-order valence-corrected chi connectivity index (χ1v) is 4.58. The van der Waals surface area contributed by atoms with Gasteiger partial charge in [0, 0.05) is 25.2 Å². The summed E-state index contributed by atoms with van der Waals surface area (Å²) in [6.07, 6.45) is 1.77. The van der Waals surface area contributed by atoms with Crippen LogP contribution in [0.4, 0.5) is 0 Å². The van der Waals surface area contributed by atoms with Gasteiger partial charge >= 0.3 is 5.97 Å². The largest absolute Gasteiger partial charge is 0.462 e. The van der Waals surface area contributed by atoms with Crippen molar-refractivity contribution in [1.29, 1.82) is 0 Å². The van der Waals surface area contributed by atoms with Crippen molar-refractivity contribution in [2.24, 2.45) is 0 Å². The minimum Gasteiger partial charge on any atom is -0.462 e. The second-order valence-corrected chi connectivity index (χ2v) is 2.88. The molecule has 0 heterocycles. The van der Waals surface area contributed by atoms with Crippen molar-refractivity contribution in [3.63, 3.8) is 0 Å². The Kier molecular flexibility index (Phi) is 7.30. The molecule has 0 rings (SSSR count). The van der Waals surface area contributed by atoms with Crippen LogP contribution in [0, 0.1) is 0 Å². The van der Waals surface area contributed by atoms with Gasteiger partial charge in [0.05, 0.1) is 6.61 Å². The summed E-state index contributed by atoms with van der Waals surface area (Å²) in [4.78, 5) is 10.9. The van der Waals surface area contributed by atoms with Crippen molar-refractivity contribution in [1.82, 2.24) is 0 Å². The van der Waals surface area contributed by atoms with Crippen LogP contribution < -0.4 is 0 Å². The van der Waals surface area contributed by atoms with E-state index in [1.54, 1.807) is 6.92 Å². The molecule has 76 valence electrons. The SMILES string of the molecule is C=C(C)C(=O)OCCCOCCC. The van der Waals surface area contributed by atoms with Gasteiger partial charge in [0.15, 0.2) is 0 Å². The van der Waals surface area contributed by atoms with E-state index < -0.39 is 0 Å². The van der Waals surface area contributed by atoms with Crippen molar-refractivity contribution in [3.8, 4) is 0 Å². The summed E-state index contributed by atoms with van der Waals surface area (Å²) in [5.74, 6) is -0.324. The number of carbonyl (C=O) groups is 1. The zero-order valence-electron chi connectivity index (χ0n) is 8.47. The van der Waals surface area contributed by atoms with Crippen molar-refractivity contribution in [2.75, 3.05) is 19.8 Å². The molecule has 0 unspecified atom stereocenters. The van der Waals surface area contributed by atoms with Gasteiger partial charge in [-0.25, -0.2) is 4.79 Å². The first kappa shape index (κ1) is 12.2. The lowest BCUT2D eigenvalue weighted by molar-refractivity contribution is -0.139. The van der Waals surface area contributed by atoms with Gasteiger partial charge < -0.3 is 9.47 Å². The molecule has 0 aromatic heterocycles. The van der Waals surface area contributed by atoms with Crippen LogP contribution in [0.25, 0.3) is 0 Å². The Morgan fingerprint density at radius 3 is 2.54 bits per heavy atom. The highest BCUT2D eigenvalue weighted by atomic mass is 16.5. The molecule has 0 saturated heterocycles. The standard InChI is InChI=1S/C10H18O3/c1-4-6-12-7-5-8-13-10(11)9(2)3/h2,4-8H2,1,3H3. The summed E-state index contributed by atoms with van der Waals surface area (Å²) >= 11 is 0. The minimum absolute atomic E-state index is 0.324. The molecule has 0 radical (unpaired) electrons. The minimum atomic E-state index is -0.324. The molecular formula is C10H18O3. The molecule has 0 saturated carbocycles. The highest BCUT2D eigenvalue weighted by Crippen LogP contribution is 1.93. The number of esters is 1. The lowest BCUT2D eigenvalue weighted by Crippen LogP contribution is -2.08. The third-order valence-electron chi connectivity index (χ3n) is 1.36. The van der Waals surface area contributed by atoms with Crippen LogP contribution in [0.15, 0.2) is 12.2 Å². The molecule has 3 heteroatoms. The second-order valence-electron chi connectivity index (χ2n) is 2.88. The predicted molar refractivity (Wildman–Crippen MR) is 51.5 cm³/mol. The van der Waals surface area contributed by atoms with Crippen molar-refractivity contribution in [2.45, 2.75) is 26.7 Å². The van der Waals surface area contributed by atoms with E-state index in [0.29, 0.717) is 18.8 Å². The fraction of sp³-hybridized carbons (Fsp3) is 0.700. The van der Waals surface area contributed by atoms with E-state index in [1.165, 1.54) is 0 Å². The number of hydrogen-bond acceptors (Lipinski definition) is 3. The number of carbonyl (C=O) groups excluding carboxylic acids is 1. The Morgan fingerprint density at radius 2 is 2.00 bits per heavy atom. The van der Waals surface area contributed by atoms with Gasteiger partial charge in [-0.05, 0) is 13.3 Å². The van der Waals surface area contributed by atoms with Crippen LogP contribution in [-0.2, 0) is 14.3 Å². The summed E-state index contributed by atoms with van der Waals surface area (Å²) in [6, 6.07) is 0. The van der Waals surface area contributed by atoms with Gasteiger partial charge in [0.1, 0.15) is 0 Å². The molecule has 0 aliphatic carbocycles.